The van der Waals surface area contributed by atoms with E-state index in [1.807, 2.05) is 0 Å². The monoisotopic (exact) mass is 394 g/mol. The first-order chi connectivity index (χ1) is 12.0. The van der Waals surface area contributed by atoms with Gasteiger partial charge in [0.15, 0.2) is 15.4 Å². The molecule has 0 aromatic heterocycles. The number of Topliss-reactive ketones (excluding diaryl/α,β-unsaturated/α-hetero) is 1. The van der Waals surface area contributed by atoms with Gasteiger partial charge in [-0.15, -0.1) is 0 Å². The van der Waals surface area contributed by atoms with Crippen molar-refractivity contribution >= 4 is 38.6 Å². The predicted octanol–water partition coefficient (Wildman–Crippen LogP) is 4.13. The molecule has 2 aromatic rings. The summed E-state index contributed by atoms with van der Waals surface area (Å²) < 4.78 is 42.9. The standard InChI is InChI=1S/C19H16ClFO4S/c1-19(2)18(22)16(11-5-4-6-12(21)9-11)17(25-19)14-8-7-13(10-15(14)20)26(3,23)24/h4-10H,1-3H3. The number of hydrogen-bond acceptors (Lipinski definition) is 4. The van der Waals surface area contributed by atoms with Crippen molar-refractivity contribution in [1.29, 1.82) is 0 Å². The number of halogens is 2. The Balaban J connectivity index is 2.24. The second kappa shape index (κ2) is 6.21. The minimum atomic E-state index is -3.43. The molecule has 26 heavy (non-hydrogen) atoms. The minimum absolute atomic E-state index is 0.0581. The molecule has 136 valence electrons. The van der Waals surface area contributed by atoms with Crippen LogP contribution in [0.2, 0.25) is 5.02 Å². The van der Waals surface area contributed by atoms with Crippen LogP contribution in [-0.2, 0) is 19.4 Å². The van der Waals surface area contributed by atoms with Gasteiger partial charge >= 0.3 is 0 Å². The van der Waals surface area contributed by atoms with Crippen LogP contribution < -0.4 is 0 Å². The molecule has 1 aliphatic rings. The third kappa shape index (κ3) is 3.27. The highest BCUT2D eigenvalue weighted by Crippen LogP contribution is 2.43. The molecule has 0 radical (unpaired) electrons. The van der Waals surface area contributed by atoms with Gasteiger partial charge in [0.25, 0.3) is 0 Å². The second-order valence-electron chi connectivity index (χ2n) is 6.57. The highest BCUT2D eigenvalue weighted by Gasteiger charge is 2.43. The summed E-state index contributed by atoms with van der Waals surface area (Å²) in [4.78, 5) is 12.9. The SMILES string of the molecule is CC1(C)OC(c2ccc(S(C)(=O)=O)cc2Cl)=C(c2cccc(F)c2)C1=O. The summed E-state index contributed by atoms with van der Waals surface area (Å²) in [5, 5.41) is 0.127. The van der Waals surface area contributed by atoms with Gasteiger partial charge in [0, 0.05) is 11.8 Å². The zero-order valence-corrected chi connectivity index (χ0v) is 15.9. The van der Waals surface area contributed by atoms with Crippen molar-refractivity contribution in [3.8, 4) is 0 Å². The molecule has 0 atom stereocenters. The van der Waals surface area contributed by atoms with Crippen LogP contribution in [0.4, 0.5) is 4.39 Å². The van der Waals surface area contributed by atoms with Gasteiger partial charge in [-0.05, 0) is 49.7 Å². The summed E-state index contributed by atoms with van der Waals surface area (Å²) in [6, 6.07) is 9.83. The highest BCUT2D eigenvalue weighted by molar-refractivity contribution is 7.90. The first-order valence-electron chi connectivity index (χ1n) is 7.75. The van der Waals surface area contributed by atoms with Crippen molar-refractivity contribution in [2.24, 2.45) is 0 Å². The molecule has 0 unspecified atom stereocenters. The lowest BCUT2D eigenvalue weighted by atomic mass is 9.92. The van der Waals surface area contributed by atoms with Crippen LogP contribution in [0.5, 0.6) is 0 Å². The second-order valence-corrected chi connectivity index (χ2v) is 8.99. The molecular weight excluding hydrogens is 379 g/mol. The maximum atomic E-state index is 13.7. The zero-order chi connectivity index (χ0) is 19.3. The number of ether oxygens (including phenoxy) is 1. The van der Waals surface area contributed by atoms with E-state index in [4.69, 9.17) is 16.3 Å². The summed E-state index contributed by atoms with van der Waals surface area (Å²) in [7, 11) is -3.43. The Kier molecular flexibility index (Phi) is 4.45. The van der Waals surface area contributed by atoms with E-state index in [0.717, 1.165) is 6.26 Å². The summed E-state index contributed by atoms with van der Waals surface area (Å²) in [6.45, 7) is 3.22. The van der Waals surface area contributed by atoms with Gasteiger partial charge in [-0.2, -0.15) is 0 Å². The van der Waals surface area contributed by atoms with Gasteiger partial charge in [0.2, 0.25) is 5.78 Å². The van der Waals surface area contributed by atoms with E-state index in [9.17, 15) is 17.6 Å². The normalized spacial score (nSPS) is 16.7. The quantitative estimate of drug-likeness (QED) is 0.785. The Labute approximate surface area is 156 Å². The molecule has 1 heterocycles. The van der Waals surface area contributed by atoms with Crippen LogP contribution in [0, 0.1) is 5.82 Å². The third-order valence-corrected chi connectivity index (χ3v) is 5.51. The summed E-state index contributed by atoms with van der Waals surface area (Å²) in [5.74, 6) is -0.581. The van der Waals surface area contributed by atoms with Gasteiger partial charge < -0.3 is 4.74 Å². The Morgan fingerprint density at radius 1 is 1.12 bits per heavy atom. The van der Waals surface area contributed by atoms with E-state index in [1.54, 1.807) is 19.9 Å². The largest absolute Gasteiger partial charge is 0.478 e. The minimum Gasteiger partial charge on any atom is -0.478 e. The highest BCUT2D eigenvalue weighted by atomic mass is 35.5. The molecule has 4 nitrogen and oxygen atoms in total. The van der Waals surface area contributed by atoms with Crippen LogP contribution in [0.25, 0.3) is 11.3 Å². The Hall–Kier alpha value is -2.18. The van der Waals surface area contributed by atoms with E-state index >= 15 is 0 Å². The topological polar surface area (TPSA) is 60.4 Å². The molecule has 0 spiro atoms. The third-order valence-electron chi connectivity index (χ3n) is 4.08. The molecule has 0 N–H and O–H groups in total. The predicted molar refractivity (Wildman–Crippen MR) is 97.9 cm³/mol. The zero-order valence-electron chi connectivity index (χ0n) is 14.3. The summed E-state index contributed by atoms with van der Waals surface area (Å²) in [6.07, 6.45) is 1.08. The van der Waals surface area contributed by atoms with Crippen molar-refractivity contribution in [3.05, 3.63) is 64.4 Å². The number of carbonyl (C=O) groups is 1. The van der Waals surface area contributed by atoms with Crippen molar-refractivity contribution < 1.29 is 22.3 Å². The first-order valence-corrected chi connectivity index (χ1v) is 10.0. The fourth-order valence-corrected chi connectivity index (χ4v) is 3.74. The van der Waals surface area contributed by atoms with Gasteiger partial charge in [0.1, 0.15) is 11.6 Å². The number of benzene rings is 2. The van der Waals surface area contributed by atoms with Crippen LogP contribution in [0.15, 0.2) is 47.4 Å². The smallest absolute Gasteiger partial charge is 0.210 e. The summed E-state index contributed by atoms with van der Waals surface area (Å²) >= 11 is 6.28. The molecule has 3 rings (SSSR count). The maximum absolute atomic E-state index is 13.7. The van der Waals surface area contributed by atoms with Gasteiger partial charge in [-0.25, -0.2) is 12.8 Å². The molecular formula is C19H16ClFO4S. The van der Waals surface area contributed by atoms with Crippen LogP contribution in [0.3, 0.4) is 0 Å². The van der Waals surface area contributed by atoms with Crippen LogP contribution >= 0.6 is 11.6 Å². The van der Waals surface area contributed by atoms with Gasteiger partial charge in [-0.3, -0.25) is 4.79 Å². The van der Waals surface area contributed by atoms with Crippen LogP contribution in [-0.4, -0.2) is 26.1 Å². The Morgan fingerprint density at radius 2 is 1.81 bits per heavy atom. The summed E-state index contributed by atoms with van der Waals surface area (Å²) in [5.41, 5.74) is -0.185. The van der Waals surface area contributed by atoms with Crippen molar-refractivity contribution in [2.45, 2.75) is 24.3 Å². The van der Waals surface area contributed by atoms with E-state index in [2.05, 4.69) is 0 Å². The number of ketones is 1. The van der Waals surface area contributed by atoms with E-state index < -0.39 is 21.3 Å². The maximum Gasteiger partial charge on any atom is 0.210 e. The molecule has 1 aliphatic heterocycles. The fraction of sp³-hybridized carbons (Fsp3) is 0.211. The molecule has 0 amide bonds. The van der Waals surface area contributed by atoms with Crippen molar-refractivity contribution in [1.82, 2.24) is 0 Å². The molecule has 2 aromatic carbocycles. The number of sulfone groups is 1. The molecule has 7 heteroatoms. The van der Waals surface area contributed by atoms with E-state index in [1.165, 1.54) is 36.4 Å². The van der Waals surface area contributed by atoms with Gasteiger partial charge in [0.05, 0.1) is 15.5 Å². The van der Waals surface area contributed by atoms with Crippen LogP contribution in [0.1, 0.15) is 25.0 Å². The molecule has 0 saturated heterocycles. The molecule has 0 fully saturated rings. The van der Waals surface area contributed by atoms with Crippen molar-refractivity contribution in [3.63, 3.8) is 0 Å². The number of rotatable bonds is 3. The molecule has 0 aliphatic carbocycles. The van der Waals surface area contributed by atoms with E-state index in [0.29, 0.717) is 11.1 Å². The first kappa shape index (κ1) is 18.6. The lowest BCUT2D eigenvalue weighted by Gasteiger charge is -2.18. The fourth-order valence-electron chi connectivity index (χ4n) is 2.76. The number of carbonyl (C=O) groups excluding carboxylic acids is 1. The van der Waals surface area contributed by atoms with Gasteiger partial charge in [-0.1, -0.05) is 23.7 Å². The lowest BCUT2D eigenvalue weighted by molar-refractivity contribution is -0.125. The van der Waals surface area contributed by atoms with E-state index in [-0.39, 0.29) is 27.0 Å². The molecule has 0 saturated carbocycles. The molecule has 0 bridgehead atoms. The average molecular weight is 395 g/mol. The number of hydrogen-bond donors (Lipinski definition) is 0. The average Bonchev–Trinajstić information content (AvgIpc) is 2.76. The Morgan fingerprint density at radius 3 is 2.38 bits per heavy atom. The van der Waals surface area contributed by atoms with Crippen molar-refractivity contribution in [2.75, 3.05) is 6.26 Å². The lowest BCUT2D eigenvalue weighted by Crippen LogP contribution is -2.29. The Bertz CT molecular complexity index is 1050.